The van der Waals surface area contributed by atoms with E-state index in [0.29, 0.717) is 6.04 Å². The summed E-state index contributed by atoms with van der Waals surface area (Å²) in [7, 11) is 1.07. The van der Waals surface area contributed by atoms with Crippen LogP contribution in [0.5, 0.6) is 0 Å². The summed E-state index contributed by atoms with van der Waals surface area (Å²) in [5.41, 5.74) is 2.30. The van der Waals surface area contributed by atoms with Gasteiger partial charge in [0.1, 0.15) is 0 Å². The Balaban J connectivity index is 2.69. The summed E-state index contributed by atoms with van der Waals surface area (Å²) in [4.78, 5) is 0.989. The van der Waals surface area contributed by atoms with Gasteiger partial charge in [-0.3, -0.25) is 4.21 Å². The van der Waals surface area contributed by atoms with Crippen LogP contribution in [0, 0.1) is 13.8 Å². The van der Waals surface area contributed by atoms with E-state index in [0.717, 1.165) is 22.6 Å². The predicted octanol–water partition coefficient (Wildman–Crippen LogP) is 2.41. The minimum Gasteiger partial charge on any atom is -0.317 e. The van der Waals surface area contributed by atoms with Gasteiger partial charge in [0, 0.05) is 16.7 Å². The molecule has 0 fully saturated rings. The normalized spacial score (nSPS) is 14.8. The van der Waals surface area contributed by atoms with Gasteiger partial charge in [-0.15, -0.1) is 0 Å². The van der Waals surface area contributed by atoms with Crippen LogP contribution in [0.25, 0.3) is 0 Å². The SMILES string of the molecule is CNC(C)CCS(=O)c1cc(C)ccc1C. The highest BCUT2D eigenvalue weighted by molar-refractivity contribution is 7.85. The molecule has 0 radical (unpaired) electrons. The average Bonchev–Trinajstić information content (AvgIpc) is 2.28. The molecule has 0 aliphatic heterocycles. The minimum absolute atomic E-state index is 0.425. The molecule has 2 nitrogen and oxygen atoms in total. The van der Waals surface area contributed by atoms with Crippen LogP contribution in [0.1, 0.15) is 24.5 Å². The van der Waals surface area contributed by atoms with Crippen molar-refractivity contribution in [2.75, 3.05) is 12.8 Å². The summed E-state index contributed by atoms with van der Waals surface area (Å²) in [6.07, 6.45) is 0.941. The zero-order valence-corrected chi connectivity index (χ0v) is 11.4. The van der Waals surface area contributed by atoms with Crippen LogP contribution in [0.3, 0.4) is 0 Å². The molecule has 0 bridgehead atoms. The molecule has 0 aliphatic rings. The molecule has 1 rings (SSSR count). The Kier molecular flexibility index (Phi) is 5.16. The first kappa shape index (κ1) is 13.4. The Morgan fingerprint density at radius 1 is 1.38 bits per heavy atom. The Morgan fingerprint density at radius 3 is 2.69 bits per heavy atom. The monoisotopic (exact) mass is 239 g/mol. The fourth-order valence-electron chi connectivity index (χ4n) is 1.49. The largest absolute Gasteiger partial charge is 0.317 e. The molecule has 0 heterocycles. The van der Waals surface area contributed by atoms with Gasteiger partial charge in [-0.25, -0.2) is 0 Å². The first-order valence-electron chi connectivity index (χ1n) is 5.67. The number of aryl methyl sites for hydroxylation is 2. The first-order valence-corrected chi connectivity index (χ1v) is 6.99. The van der Waals surface area contributed by atoms with Crippen molar-refractivity contribution < 1.29 is 4.21 Å². The maximum atomic E-state index is 12.1. The molecule has 1 aromatic rings. The van der Waals surface area contributed by atoms with Crippen LogP contribution in [-0.4, -0.2) is 23.1 Å². The van der Waals surface area contributed by atoms with Crippen LogP contribution < -0.4 is 5.32 Å². The molecular formula is C13H21NOS. The van der Waals surface area contributed by atoms with Gasteiger partial charge in [-0.1, -0.05) is 12.1 Å². The van der Waals surface area contributed by atoms with E-state index >= 15 is 0 Å². The van der Waals surface area contributed by atoms with Crippen molar-refractivity contribution in [1.82, 2.24) is 5.32 Å². The number of hydrogen-bond donors (Lipinski definition) is 1. The lowest BCUT2D eigenvalue weighted by Crippen LogP contribution is -2.23. The third-order valence-corrected chi connectivity index (χ3v) is 4.35. The van der Waals surface area contributed by atoms with Crippen LogP contribution >= 0.6 is 0 Å². The lowest BCUT2D eigenvalue weighted by Gasteiger charge is -2.11. The third-order valence-electron chi connectivity index (χ3n) is 2.82. The lowest BCUT2D eigenvalue weighted by atomic mass is 10.2. The van der Waals surface area contributed by atoms with Gasteiger partial charge in [0.2, 0.25) is 0 Å². The smallest absolute Gasteiger partial charge is 0.0532 e. The van der Waals surface area contributed by atoms with Gasteiger partial charge in [0.25, 0.3) is 0 Å². The van der Waals surface area contributed by atoms with E-state index in [2.05, 4.69) is 18.3 Å². The molecule has 16 heavy (non-hydrogen) atoms. The quantitative estimate of drug-likeness (QED) is 0.855. The number of rotatable bonds is 5. The van der Waals surface area contributed by atoms with Gasteiger partial charge in [0.05, 0.1) is 10.8 Å². The predicted molar refractivity (Wildman–Crippen MR) is 70.3 cm³/mol. The van der Waals surface area contributed by atoms with Crippen molar-refractivity contribution in [1.29, 1.82) is 0 Å². The molecule has 0 aromatic heterocycles. The van der Waals surface area contributed by atoms with E-state index in [-0.39, 0.29) is 0 Å². The van der Waals surface area contributed by atoms with Crippen LogP contribution in [0.15, 0.2) is 23.1 Å². The molecule has 0 aliphatic carbocycles. The Bertz CT molecular complexity index is 376. The second-order valence-electron chi connectivity index (χ2n) is 4.30. The van der Waals surface area contributed by atoms with Crippen molar-refractivity contribution in [3.8, 4) is 0 Å². The number of benzene rings is 1. The lowest BCUT2D eigenvalue weighted by molar-refractivity contribution is 0.591. The highest BCUT2D eigenvalue weighted by Gasteiger charge is 2.09. The highest BCUT2D eigenvalue weighted by Crippen LogP contribution is 2.16. The van der Waals surface area contributed by atoms with Crippen LogP contribution in [0.2, 0.25) is 0 Å². The molecule has 1 N–H and O–H groups in total. The van der Waals surface area contributed by atoms with Crippen molar-refractivity contribution in [3.05, 3.63) is 29.3 Å². The Labute approximate surface area is 101 Å². The van der Waals surface area contributed by atoms with E-state index in [1.165, 1.54) is 5.56 Å². The molecule has 2 unspecified atom stereocenters. The Morgan fingerprint density at radius 2 is 2.06 bits per heavy atom. The van der Waals surface area contributed by atoms with E-state index in [1.54, 1.807) is 0 Å². The van der Waals surface area contributed by atoms with Crippen LogP contribution in [-0.2, 0) is 10.8 Å². The van der Waals surface area contributed by atoms with Gasteiger partial charge in [0.15, 0.2) is 0 Å². The van der Waals surface area contributed by atoms with Crippen molar-refractivity contribution in [2.45, 2.75) is 38.1 Å². The maximum Gasteiger partial charge on any atom is 0.0532 e. The van der Waals surface area contributed by atoms with E-state index < -0.39 is 10.8 Å². The van der Waals surface area contributed by atoms with Crippen LogP contribution in [0.4, 0.5) is 0 Å². The Hall–Kier alpha value is -0.670. The van der Waals surface area contributed by atoms with E-state index in [9.17, 15) is 4.21 Å². The molecule has 90 valence electrons. The zero-order chi connectivity index (χ0) is 12.1. The highest BCUT2D eigenvalue weighted by atomic mass is 32.2. The van der Waals surface area contributed by atoms with Gasteiger partial charge in [-0.05, 0) is 51.4 Å². The third kappa shape index (κ3) is 3.72. The molecule has 0 spiro atoms. The van der Waals surface area contributed by atoms with Gasteiger partial charge >= 0.3 is 0 Å². The second kappa shape index (κ2) is 6.16. The summed E-state index contributed by atoms with van der Waals surface area (Å²) < 4.78 is 12.1. The fraction of sp³-hybridized carbons (Fsp3) is 0.538. The van der Waals surface area contributed by atoms with Gasteiger partial charge < -0.3 is 5.32 Å². The van der Waals surface area contributed by atoms with Crippen molar-refractivity contribution in [3.63, 3.8) is 0 Å². The topological polar surface area (TPSA) is 29.1 Å². The first-order chi connectivity index (χ1) is 7.54. The number of hydrogen-bond acceptors (Lipinski definition) is 2. The van der Waals surface area contributed by atoms with Crippen molar-refractivity contribution in [2.24, 2.45) is 0 Å². The summed E-state index contributed by atoms with van der Waals surface area (Å²) in [6, 6.07) is 6.57. The summed E-state index contributed by atoms with van der Waals surface area (Å²) in [5, 5.41) is 3.16. The molecule has 0 saturated carbocycles. The molecule has 1 aromatic carbocycles. The molecule has 3 heteroatoms. The van der Waals surface area contributed by atoms with E-state index in [1.807, 2.05) is 33.0 Å². The van der Waals surface area contributed by atoms with Gasteiger partial charge in [-0.2, -0.15) is 0 Å². The second-order valence-corrected chi connectivity index (χ2v) is 5.84. The molecule has 0 saturated heterocycles. The summed E-state index contributed by atoms with van der Waals surface area (Å²) >= 11 is 0. The maximum absolute atomic E-state index is 12.1. The average molecular weight is 239 g/mol. The van der Waals surface area contributed by atoms with Crippen molar-refractivity contribution >= 4 is 10.8 Å². The van der Waals surface area contributed by atoms with E-state index in [4.69, 9.17) is 0 Å². The summed E-state index contributed by atoms with van der Waals surface area (Å²) in [6.45, 7) is 6.17. The molecular weight excluding hydrogens is 218 g/mol. The zero-order valence-electron chi connectivity index (χ0n) is 10.5. The molecule has 2 atom stereocenters. The number of nitrogens with one attached hydrogen (secondary N) is 1. The minimum atomic E-state index is -0.867. The molecule has 0 amide bonds. The fourth-order valence-corrected chi connectivity index (χ4v) is 3.02. The standard InChI is InChI=1S/C13H21NOS/c1-10-5-6-11(2)13(9-10)16(15)8-7-12(3)14-4/h5-6,9,12,14H,7-8H2,1-4H3. The summed E-state index contributed by atoms with van der Waals surface area (Å²) in [5.74, 6) is 0.728.